The summed E-state index contributed by atoms with van der Waals surface area (Å²) < 4.78 is 40.3. The van der Waals surface area contributed by atoms with E-state index < -0.39 is 12.1 Å². The number of aromatic amines is 1. The molecule has 0 bridgehead atoms. The minimum Gasteiger partial charge on any atom is -0.404 e. The van der Waals surface area contributed by atoms with E-state index in [1.54, 1.807) is 0 Å². The maximum atomic E-state index is 12.2. The number of benzene rings is 1. The van der Waals surface area contributed by atoms with Crippen molar-refractivity contribution in [1.29, 1.82) is 0 Å². The lowest BCUT2D eigenvalue weighted by Crippen LogP contribution is -2.17. The number of H-pyrrole nitrogens is 1. The molecule has 0 saturated heterocycles. The summed E-state index contributed by atoms with van der Waals surface area (Å²) in [5.74, 6) is -0.469. The third-order valence-electron chi connectivity index (χ3n) is 2.61. The van der Waals surface area contributed by atoms with Gasteiger partial charge in [0.05, 0.1) is 23.1 Å². The van der Waals surface area contributed by atoms with Crippen LogP contribution in [0.1, 0.15) is 0 Å². The van der Waals surface area contributed by atoms with Crippen LogP contribution in [0.25, 0.3) is 22.4 Å². The fourth-order valence-electron chi connectivity index (χ4n) is 1.74. The first kappa shape index (κ1) is 13.6. The minimum atomic E-state index is -4.79. The van der Waals surface area contributed by atoms with Crippen LogP contribution < -0.4 is 4.74 Å². The van der Waals surface area contributed by atoms with Crippen molar-refractivity contribution < 1.29 is 17.9 Å². The molecule has 9 heteroatoms. The van der Waals surface area contributed by atoms with E-state index in [9.17, 15) is 13.2 Å². The molecule has 0 aliphatic carbocycles. The summed E-state index contributed by atoms with van der Waals surface area (Å²) in [4.78, 5) is 8.37. The molecule has 0 aliphatic rings. The maximum absolute atomic E-state index is 12.2. The fraction of sp³-hybridized carbons (Fsp3) is 0.0833. The molecule has 0 spiro atoms. The number of rotatable bonds is 2. The van der Waals surface area contributed by atoms with Crippen LogP contribution in [0.5, 0.6) is 5.75 Å². The van der Waals surface area contributed by atoms with E-state index >= 15 is 0 Å². The van der Waals surface area contributed by atoms with Crippen molar-refractivity contribution in [2.24, 2.45) is 0 Å². The number of nitrogens with zero attached hydrogens (tertiary/aromatic N) is 3. The van der Waals surface area contributed by atoms with Gasteiger partial charge < -0.3 is 4.74 Å². The molecule has 108 valence electrons. The van der Waals surface area contributed by atoms with Crippen LogP contribution in [0.4, 0.5) is 13.2 Å². The van der Waals surface area contributed by atoms with Gasteiger partial charge in [0, 0.05) is 5.56 Å². The van der Waals surface area contributed by atoms with Crippen molar-refractivity contribution in [2.45, 2.75) is 6.36 Å². The Kier molecular flexibility index (Phi) is 3.17. The van der Waals surface area contributed by atoms with Crippen molar-refractivity contribution in [3.05, 3.63) is 35.6 Å². The quantitative estimate of drug-likeness (QED) is 0.785. The number of hydrogen-bond donors (Lipinski definition) is 1. The lowest BCUT2D eigenvalue weighted by molar-refractivity contribution is -0.274. The normalized spacial score (nSPS) is 11.8. The van der Waals surface area contributed by atoms with Gasteiger partial charge in [0.2, 0.25) is 0 Å². The van der Waals surface area contributed by atoms with Crippen LogP contribution in [-0.2, 0) is 0 Å². The topological polar surface area (TPSA) is 63.7 Å². The van der Waals surface area contributed by atoms with E-state index in [-0.39, 0.29) is 5.02 Å². The third kappa shape index (κ3) is 2.89. The number of alkyl halides is 3. The zero-order chi connectivity index (χ0) is 15.0. The molecule has 0 amide bonds. The predicted molar refractivity (Wildman–Crippen MR) is 68.8 cm³/mol. The first-order valence-corrected chi connectivity index (χ1v) is 6.02. The molecule has 5 nitrogen and oxygen atoms in total. The molecule has 21 heavy (non-hydrogen) atoms. The van der Waals surface area contributed by atoms with Crippen molar-refractivity contribution >= 4 is 22.8 Å². The van der Waals surface area contributed by atoms with E-state index in [4.69, 9.17) is 11.6 Å². The smallest absolute Gasteiger partial charge is 0.404 e. The summed E-state index contributed by atoms with van der Waals surface area (Å²) in [6.45, 7) is 0. The van der Waals surface area contributed by atoms with Gasteiger partial charge in [-0.1, -0.05) is 11.6 Å². The summed E-state index contributed by atoms with van der Waals surface area (Å²) in [6, 6.07) is 3.87. The van der Waals surface area contributed by atoms with Gasteiger partial charge in [-0.3, -0.25) is 5.10 Å². The second-order valence-corrected chi connectivity index (χ2v) is 4.46. The summed E-state index contributed by atoms with van der Waals surface area (Å²) in [5, 5.41) is 6.27. The average molecular weight is 315 g/mol. The number of halogens is 4. The zero-order valence-corrected chi connectivity index (χ0v) is 10.9. The lowest BCUT2D eigenvalue weighted by Gasteiger charge is -2.11. The molecule has 0 saturated carbocycles. The van der Waals surface area contributed by atoms with Crippen LogP contribution >= 0.6 is 11.6 Å². The van der Waals surface area contributed by atoms with E-state index in [0.717, 1.165) is 6.07 Å². The second kappa shape index (κ2) is 4.88. The summed E-state index contributed by atoms with van der Waals surface area (Å²) in [5.41, 5.74) is 2.02. The number of ether oxygens (including phenoxy) is 1. The monoisotopic (exact) mass is 314 g/mol. The van der Waals surface area contributed by atoms with Gasteiger partial charge in [-0.05, 0) is 18.2 Å². The van der Waals surface area contributed by atoms with E-state index in [1.807, 2.05) is 0 Å². The molecule has 0 aliphatic heterocycles. The molecule has 3 rings (SSSR count). The molecule has 0 atom stereocenters. The van der Waals surface area contributed by atoms with Gasteiger partial charge in [0.25, 0.3) is 0 Å². The molecule has 1 N–H and O–H groups in total. The van der Waals surface area contributed by atoms with Crippen molar-refractivity contribution in [3.8, 4) is 17.0 Å². The van der Waals surface area contributed by atoms with Crippen LogP contribution in [0, 0.1) is 0 Å². The Morgan fingerprint density at radius 1 is 1.19 bits per heavy atom. The van der Waals surface area contributed by atoms with Crippen molar-refractivity contribution in [1.82, 2.24) is 20.2 Å². The number of fused-ring (bicyclic) bond motifs is 1. The summed E-state index contributed by atoms with van der Waals surface area (Å²) in [6.07, 6.45) is -1.80. The highest BCUT2D eigenvalue weighted by Gasteiger charge is 2.32. The van der Waals surface area contributed by atoms with Crippen LogP contribution in [0.2, 0.25) is 5.02 Å². The van der Waals surface area contributed by atoms with E-state index in [1.165, 1.54) is 24.5 Å². The zero-order valence-electron chi connectivity index (χ0n) is 10.1. The van der Waals surface area contributed by atoms with Gasteiger partial charge >= 0.3 is 6.36 Å². The molecule has 0 unspecified atom stereocenters. The summed E-state index contributed by atoms with van der Waals surface area (Å²) >= 11 is 5.79. The average Bonchev–Trinajstić information content (AvgIpc) is 2.87. The standard InChI is InChI=1S/C12H6ClF3N4O/c13-7-3-6(1-2-10(7)21-12(14,15)16)8-4-17-9-5-18-20-11(9)19-8/h1-5H,(H,18,19,20). The van der Waals surface area contributed by atoms with Crippen LogP contribution in [0.15, 0.2) is 30.6 Å². The van der Waals surface area contributed by atoms with Crippen molar-refractivity contribution in [2.75, 3.05) is 0 Å². The van der Waals surface area contributed by atoms with E-state index in [2.05, 4.69) is 24.9 Å². The van der Waals surface area contributed by atoms with Gasteiger partial charge in [0.15, 0.2) is 5.65 Å². The first-order chi connectivity index (χ1) is 9.92. The van der Waals surface area contributed by atoms with Gasteiger partial charge in [-0.25, -0.2) is 9.97 Å². The number of nitrogens with one attached hydrogen (secondary N) is 1. The Labute approximate surface area is 120 Å². The van der Waals surface area contributed by atoms with Gasteiger partial charge in [0.1, 0.15) is 11.3 Å². The third-order valence-corrected chi connectivity index (χ3v) is 2.91. The van der Waals surface area contributed by atoms with Crippen LogP contribution in [0.3, 0.4) is 0 Å². The number of hydrogen-bond acceptors (Lipinski definition) is 4. The van der Waals surface area contributed by atoms with E-state index in [0.29, 0.717) is 22.4 Å². The maximum Gasteiger partial charge on any atom is 0.573 e. The number of aromatic nitrogens is 4. The molecular formula is C12H6ClF3N4O. The Morgan fingerprint density at radius 3 is 2.71 bits per heavy atom. The SMILES string of the molecule is FC(F)(F)Oc1ccc(-c2cnc3cn[nH]c3n2)cc1Cl. The first-order valence-electron chi connectivity index (χ1n) is 5.64. The predicted octanol–water partition coefficient (Wildman–Crippen LogP) is 3.57. The van der Waals surface area contributed by atoms with Gasteiger partial charge in [-0.2, -0.15) is 5.10 Å². The minimum absolute atomic E-state index is 0.170. The molecule has 0 radical (unpaired) electrons. The molecule has 3 aromatic rings. The Balaban J connectivity index is 1.97. The lowest BCUT2D eigenvalue weighted by atomic mass is 10.1. The molecule has 0 fully saturated rings. The largest absolute Gasteiger partial charge is 0.573 e. The van der Waals surface area contributed by atoms with Crippen LogP contribution in [-0.4, -0.2) is 26.5 Å². The molecule has 1 aromatic carbocycles. The van der Waals surface area contributed by atoms with Crippen molar-refractivity contribution in [3.63, 3.8) is 0 Å². The Morgan fingerprint density at radius 2 is 2.00 bits per heavy atom. The molecular weight excluding hydrogens is 309 g/mol. The highest BCUT2D eigenvalue weighted by molar-refractivity contribution is 6.32. The second-order valence-electron chi connectivity index (χ2n) is 4.05. The Bertz CT molecular complexity index is 803. The fourth-order valence-corrected chi connectivity index (χ4v) is 1.96. The van der Waals surface area contributed by atoms with Gasteiger partial charge in [-0.15, -0.1) is 13.2 Å². The Hall–Kier alpha value is -2.35. The molecule has 2 heterocycles. The highest BCUT2D eigenvalue weighted by atomic mass is 35.5. The summed E-state index contributed by atoms with van der Waals surface area (Å²) in [7, 11) is 0. The highest BCUT2D eigenvalue weighted by Crippen LogP contribution is 2.33. The molecule has 2 aromatic heterocycles.